The molecule has 0 radical (unpaired) electrons. The number of carbonyl (C=O) groups excluding carboxylic acids is 1. The van der Waals surface area contributed by atoms with E-state index in [0.29, 0.717) is 10.1 Å². The van der Waals surface area contributed by atoms with Gasteiger partial charge in [-0.2, -0.15) is 0 Å². The number of amides is 1. The Hall–Kier alpha value is -1.39. The van der Waals surface area contributed by atoms with Crippen LogP contribution in [0.4, 0.5) is 0 Å². The molecule has 3 nitrogen and oxygen atoms in total. The summed E-state index contributed by atoms with van der Waals surface area (Å²) in [6.07, 6.45) is 6.64. The molecule has 2 rings (SSSR count). The van der Waals surface area contributed by atoms with Gasteiger partial charge in [-0.1, -0.05) is 29.8 Å². The van der Waals surface area contributed by atoms with Crippen molar-refractivity contribution in [2.75, 3.05) is 13.1 Å². The summed E-state index contributed by atoms with van der Waals surface area (Å²) < 4.78 is 0. The van der Waals surface area contributed by atoms with E-state index in [2.05, 4.69) is 5.32 Å². The number of hydrogen-bond donors (Lipinski definition) is 1. The fourth-order valence-corrected chi connectivity index (χ4v) is 2.58. The first-order chi connectivity index (χ1) is 9.66. The molecule has 1 amide bonds. The van der Waals surface area contributed by atoms with Gasteiger partial charge in [-0.25, -0.2) is 0 Å². The van der Waals surface area contributed by atoms with E-state index in [4.69, 9.17) is 23.8 Å². The summed E-state index contributed by atoms with van der Waals surface area (Å²) >= 11 is 11.3. The van der Waals surface area contributed by atoms with Crippen molar-refractivity contribution in [1.82, 2.24) is 10.2 Å². The van der Waals surface area contributed by atoms with Gasteiger partial charge in [0.1, 0.15) is 0 Å². The maximum absolute atomic E-state index is 11.8. The average molecular weight is 309 g/mol. The lowest BCUT2D eigenvalue weighted by Crippen LogP contribution is -2.44. The molecule has 0 aliphatic carbocycles. The van der Waals surface area contributed by atoms with Gasteiger partial charge in [-0.15, -0.1) is 0 Å². The van der Waals surface area contributed by atoms with Gasteiger partial charge in [0.2, 0.25) is 5.91 Å². The van der Waals surface area contributed by atoms with Gasteiger partial charge in [0.25, 0.3) is 0 Å². The second-order valence-electron chi connectivity index (χ2n) is 4.70. The van der Waals surface area contributed by atoms with Gasteiger partial charge < -0.3 is 4.90 Å². The fourth-order valence-electron chi connectivity index (χ4n) is 2.10. The molecule has 0 unspecified atom stereocenters. The zero-order valence-corrected chi connectivity index (χ0v) is 12.7. The monoisotopic (exact) mass is 308 g/mol. The number of likely N-dealkylation sites (tertiary alicyclic amines) is 1. The minimum Gasteiger partial charge on any atom is -0.349 e. The highest BCUT2D eigenvalue weighted by molar-refractivity contribution is 7.80. The van der Waals surface area contributed by atoms with Crippen LogP contribution >= 0.6 is 23.8 Å². The third kappa shape index (κ3) is 4.32. The quantitative estimate of drug-likeness (QED) is 0.672. The molecule has 0 spiro atoms. The van der Waals surface area contributed by atoms with Gasteiger partial charge in [-0.3, -0.25) is 10.1 Å². The Balaban J connectivity index is 1.89. The van der Waals surface area contributed by atoms with Crippen molar-refractivity contribution < 1.29 is 4.79 Å². The molecule has 0 bridgehead atoms. The summed E-state index contributed by atoms with van der Waals surface area (Å²) in [6.45, 7) is 1.85. The minimum atomic E-state index is -0.222. The topological polar surface area (TPSA) is 32.3 Å². The summed E-state index contributed by atoms with van der Waals surface area (Å²) in [5, 5.41) is 3.86. The van der Waals surface area contributed by atoms with Crippen LogP contribution in [0.25, 0.3) is 6.08 Å². The molecule has 1 aromatic carbocycles. The van der Waals surface area contributed by atoms with Crippen LogP contribution in [0, 0.1) is 0 Å². The van der Waals surface area contributed by atoms with Crippen molar-refractivity contribution in [2.24, 2.45) is 0 Å². The molecule has 1 saturated heterocycles. The predicted molar refractivity (Wildman–Crippen MR) is 86.7 cm³/mol. The van der Waals surface area contributed by atoms with Crippen molar-refractivity contribution in [3.63, 3.8) is 0 Å². The smallest absolute Gasteiger partial charge is 0.250 e. The minimum absolute atomic E-state index is 0.222. The van der Waals surface area contributed by atoms with Crippen molar-refractivity contribution in [3.05, 3.63) is 40.9 Å². The highest BCUT2D eigenvalue weighted by Crippen LogP contribution is 2.16. The number of rotatable bonds is 2. The standard InChI is InChI=1S/C15H17ClN2OS/c16-13-7-3-2-6-12(13)8-9-14(19)17-15(20)18-10-4-1-5-11-18/h2-3,6-9H,1,4-5,10-11H2,(H,17,19,20)/b9-8+. The fraction of sp³-hybridized carbons (Fsp3) is 0.333. The second kappa shape index (κ2) is 7.41. The van der Waals surface area contributed by atoms with E-state index in [0.717, 1.165) is 31.5 Å². The van der Waals surface area contributed by atoms with Crippen molar-refractivity contribution in [2.45, 2.75) is 19.3 Å². The Labute approximate surface area is 129 Å². The van der Waals surface area contributed by atoms with E-state index in [1.54, 1.807) is 12.1 Å². The normalized spacial score (nSPS) is 15.3. The number of thiocarbonyl (C=S) groups is 1. The number of piperidine rings is 1. The molecule has 1 heterocycles. The summed E-state index contributed by atoms with van der Waals surface area (Å²) in [5.74, 6) is -0.222. The Bertz CT molecular complexity index is 524. The van der Waals surface area contributed by atoms with Crippen LogP contribution in [0.3, 0.4) is 0 Å². The zero-order valence-electron chi connectivity index (χ0n) is 11.1. The second-order valence-corrected chi connectivity index (χ2v) is 5.49. The largest absolute Gasteiger partial charge is 0.349 e. The number of nitrogens with one attached hydrogen (secondary N) is 1. The predicted octanol–water partition coefficient (Wildman–Crippen LogP) is 3.24. The van der Waals surface area contributed by atoms with Gasteiger partial charge in [0.15, 0.2) is 5.11 Å². The number of carbonyl (C=O) groups is 1. The van der Waals surface area contributed by atoms with Crippen molar-refractivity contribution >= 4 is 40.9 Å². The SMILES string of the molecule is O=C(/C=C/c1ccccc1Cl)NC(=S)N1CCCCC1. The molecular formula is C15H17ClN2OS. The van der Waals surface area contributed by atoms with Gasteiger partial charge in [-0.05, 0) is 49.2 Å². The van der Waals surface area contributed by atoms with E-state index >= 15 is 0 Å². The lowest BCUT2D eigenvalue weighted by Gasteiger charge is -2.28. The number of halogens is 1. The van der Waals surface area contributed by atoms with Crippen LogP contribution in [-0.2, 0) is 4.79 Å². The summed E-state index contributed by atoms with van der Waals surface area (Å²) in [6, 6.07) is 7.37. The Morgan fingerprint density at radius 1 is 1.25 bits per heavy atom. The zero-order chi connectivity index (χ0) is 14.4. The lowest BCUT2D eigenvalue weighted by atomic mass is 10.1. The number of hydrogen-bond acceptors (Lipinski definition) is 2. The summed E-state index contributed by atoms with van der Waals surface area (Å²) in [4.78, 5) is 13.9. The van der Waals surface area contributed by atoms with Crippen molar-refractivity contribution in [1.29, 1.82) is 0 Å². The van der Waals surface area contributed by atoms with Crippen LogP contribution in [0.2, 0.25) is 5.02 Å². The van der Waals surface area contributed by atoms with Crippen LogP contribution in [0.5, 0.6) is 0 Å². The molecule has 0 saturated carbocycles. The van der Waals surface area contributed by atoms with E-state index in [9.17, 15) is 4.79 Å². The molecular weight excluding hydrogens is 292 g/mol. The molecule has 1 aromatic rings. The molecule has 0 aromatic heterocycles. The van der Waals surface area contributed by atoms with Crippen LogP contribution in [0.1, 0.15) is 24.8 Å². The first kappa shape index (κ1) is 15.0. The summed E-state index contributed by atoms with van der Waals surface area (Å²) in [7, 11) is 0. The van der Waals surface area contributed by atoms with Crippen molar-refractivity contribution in [3.8, 4) is 0 Å². The number of benzene rings is 1. The van der Waals surface area contributed by atoms with E-state index in [-0.39, 0.29) is 5.91 Å². The lowest BCUT2D eigenvalue weighted by molar-refractivity contribution is -0.115. The van der Waals surface area contributed by atoms with Gasteiger partial charge in [0.05, 0.1) is 0 Å². The molecule has 20 heavy (non-hydrogen) atoms. The summed E-state index contributed by atoms with van der Waals surface area (Å²) in [5.41, 5.74) is 0.813. The average Bonchev–Trinajstić information content (AvgIpc) is 2.47. The third-order valence-corrected chi connectivity index (χ3v) is 3.90. The molecule has 1 aliphatic heterocycles. The molecule has 0 atom stereocenters. The Kier molecular flexibility index (Phi) is 5.56. The molecule has 5 heteroatoms. The Morgan fingerprint density at radius 2 is 1.95 bits per heavy atom. The maximum atomic E-state index is 11.8. The highest BCUT2D eigenvalue weighted by atomic mass is 35.5. The van der Waals surface area contributed by atoms with Gasteiger partial charge >= 0.3 is 0 Å². The third-order valence-electron chi connectivity index (χ3n) is 3.19. The first-order valence-electron chi connectivity index (χ1n) is 6.69. The van der Waals surface area contributed by atoms with Crippen LogP contribution in [0.15, 0.2) is 30.3 Å². The number of nitrogens with zero attached hydrogens (tertiary/aromatic N) is 1. The maximum Gasteiger partial charge on any atom is 0.250 e. The molecule has 106 valence electrons. The Morgan fingerprint density at radius 3 is 2.65 bits per heavy atom. The molecule has 1 fully saturated rings. The molecule has 1 aliphatic rings. The van der Waals surface area contributed by atoms with E-state index in [1.165, 1.54) is 12.5 Å². The van der Waals surface area contributed by atoms with E-state index < -0.39 is 0 Å². The molecule has 1 N–H and O–H groups in total. The van der Waals surface area contributed by atoms with Gasteiger partial charge in [0, 0.05) is 24.2 Å². The van der Waals surface area contributed by atoms with Crippen LogP contribution in [-0.4, -0.2) is 29.0 Å². The van der Waals surface area contributed by atoms with Crippen LogP contribution < -0.4 is 5.32 Å². The highest BCUT2D eigenvalue weighted by Gasteiger charge is 2.14. The van der Waals surface area contributed by atoms with E-state index in [1.807, 2.05) is 23.1 Å². The first-order valence-corrected chi connectivity index (χ1v) is 7.48.